The number of anilines is 1. The van der Waals surface area contributed by atoms with Gasteiger partial charge in [-0.1, -0.05) is 0 Å². The first-order valence-corrected chi connectivity index (χ1v) is 10.8. The van der Waals surface area contributed by atoms with E-state index in [1.165, 1.54) is 6.07 Å². The van der Waals surface area contributed by atoms with Crippen LogP contribution in [0.25, 0.3) is 17.0 Å². The molecule has 4 heterocycles. The van der Waals surface area contributed by atoms with Gasteiger partial charge < -0.3 is 20.5 Å². The maximum atomic E-state index is 14.6. The Balaban J connectivity index is 0.000000300. The summed E-state index contributed by atoms with van der Waals surface area (Å²) in [6.07, 6.45) is 4.57. The summed E-state index contributed by atoms with van der Waals surface area (Å²) in [5, 5.41) is 19.9. The smallest absolute Gasteiger partial charge is 0.157 e. The van der Waals surface area contributed by atoms with E-state index in [1.54, 1.807) is 24.9 Å². The molecule has 1 aliphatic heterocycles. The third-order valence-corrected chi connectivity index (χ3v) is 5.64. The van der Waals surface area contributed by atoms with Crippen LogP contribution in [0.3, 0.4) is 0 Å². The van der Waals surface area contributed by atoms with Crippen molar-refractivity contribution >= 4 is 11.5 Å². The van der Waals surface area contributed by atoms with Crippen molar-refractivity contribution in [2.24, 2.45) is 0 Å². The number of imidazole rings is 1. The highest BCUT2D eigenvalue weighted by Crippen LogP contribution is 2.43. The number of aromatic nitrogens is 4. The normalized spacial score (nSPS) is 16.5. The van der Waals surface area contributed by atoms with Gasteiger partial charge in [-0.05, 0) is 44.8 Å². The summed E-state index contributed by atoms with van der Waals surface area (Å²) in [6, 6.07) is 3.09. The summed E-state index contributed by atoms with van der Waals surface area (Å²) in [4.78, 5) is 8.62. The van der Waals surface area contributed by atoms with Crippen molar-refractivity contribution in [3.63, 3.8) is 0 Å². The van der Waals surface area contributed by atoms with Gasteiger partial charge in [-0.25, -0.2) is 23.3 Å². The molecule has 0 radical (unpaired) electrons. The number of aliphatic hydroxyl groups excluding tert-OH is 1. The molecule has 5 rings (SSSR count). The minimum absolute atomic E-state index is 0.133. The number of hydrogen-bond donors (Lipinski definition) is 3. The Labute approximate surface area is 185 Å². The van der Waals surface area contributed by atoms with Gasteiger partial charge in [0.25, 0.3) is 0 Å². The molecule has 3 N–H and O–H groups in total. The molecule has 8 nitrogen and oxygen atoms in total. The van der Waals surface area contributed by atoms with E-state index in [2.05, 4.69) is 25.7 Å². The topological polar surface area (TPSA) is 96.6 Å². The van der Waals surface area contributed by atoms with Crippen molar-refractivity contribution < 1.29 is 18.6 Å². The Morgan fingerprint density at radius 1 is 1.25 bits per heavy atom. The molecule has 0 bridgehead atoms. The van der Waals surface area contributed by atoms with Crippen molar-refractivity contribution in [2.45, 2.75) is 44.4 Å². The molecule has 32 heavy (non-hydrogen) atoms. The Morgan fingerprint density at radius 3 is 2.56 bits per heavy atom. The van der Waals surface area contributed by atoms with E-state index in [0.29, 0.717) is 47.2 Å². The Bertz CT molecular complexity index is 1080. The average molecular weight is 447 g/mol. The summed E-state index contributed by atoms with van der Waals surface area (Å²) in [6.45, 7) is 1.43. The van der Waals surface area contributed by atoms with Crippen LogP contribution >= 0.6 is 0 Å². The van der Waals surface area contributed by atoms with Gasteiger partial charge in [0.1, 0.15) is 34.8 Å². The molecule has 0 aromatic carbocycles. The molecule has 1 saturated heterocycles. The molecule has 1 saturated carbocycles. The Hall–Kier alpha value is -2.85. The van der Waals surface area contributed by atoms with Crippen LogP contribution in [0.1, 0.15) is 42.9 Å². The van der Waals surface area contributed by atoms with Gasteiger partial charge in [-0.3, -0.25) is 0 Å². The predicted octanol–water partition coefficient (Wildman–Crippen LogP) is 3.06. The molecule has 172 valence electrons. The number of rotatable bonds is 5. The van der Waals surface area contributed by atoms with E-state index in [0.717, 1.165) is 31.6 Å². The fourth-order valence-corrected chi connectivity index (χ4v) is 3.71. The fraction of sp³-hybridized carbons (Fsp3) is 0.500. The van der Waals surface area contributed by atoms with Gasteiger partial charge in [-0.15, -0.1) is 0 Å². The van der Waals surface area contributed by atoms with Crippen LogP contribution in [0.4, 0.5) is 14.6 Å². The molecule has 0 amide bonds. The van der Waals surface area contributed by atoms with Gasteiger partial charge in [0.15, 0.2) is 11.5 Å². The number of methoxy groups -OCH3 is 1. The zero-order chi connectivity index (χ0) is 22.7. The SMILES string of the molecule is CNc1nc(-c2cnc3cc(OC)c(C4CC4)nn23)c(F)cc1CO.FC1CCNCC1. The minimum Gasteiger partial charge on any atom is -0.495 e. The molecule has 3 aromatic rings. The van der Waals surface area contributed by atoms with Gasteiger partial charge in [-0.2, -0.15) is 5.10 Å². The lowest BCUT2D eigenvalue weighted by molar-refractivity contribution is 0.262. The monoisotopic (exact) mass is 446 g/mol. The van der Waals surface area contributed by atoms with Gasteiger partial charge in [0, 0.05) is 24.6 Å². The Morgan fingerprint density at radius 2 is 2.00 bits per heavy atom. The average Bonchev–Trinajstić information content (AvgIpc) is 3.59. The lowest BCUT2D eigenvalue weighted by Crippen LogP contribution is -2.28. The minimum atomic E-state index is -0.532. The number of hydrogen-bond acceptors (Lipinski definition) is 7. The second-order valence-corrected chi connectivity index (χ2v) is 7.94. The molecular formula is C22H28F2N6O2. The summed E-state index contributed by atoms with van der Waals surface area (Å²) < 4.78 is 33.7. The van der Waals surface area contributed by atoms with Crippen LogP contribution in [-0.4, -0.2) is 58.1 Å². The molecule has 1 aliphatic carbocycles. The quantitative estimate of drug-likeness (QED) is 0.554. The molecule has 2 fully saturated rings. The van der Waals surface area contributed by atoms with E-state index in [-0.39, 0.29) is 12.3 Å². The zero-order valence-electron chi connectivity index (χ0n) is 18.2. The van der Waals surface area contributed by atoms with Crippen LogP contribution in [0, 0.1) is 5.82 Å². The number of aliphatic hydroxyl groups is 1. The van der Waals surface area contributed by atoms with Crippen LogP contribution in [-0.2, 0) is 6.61 Å². The molecule has 2 aliphatic rings. The van der Waals surface area contributed by atoms with Crippen LogP contribution in [0.15, 0.2) is 18.3 Å². The van der Waals surface area contributed by atoms with Gasteiger partial charge in [0.2, 0.25) is 0 Å². The molecule has 0 unspecified atom stereocenters. The lowest BCUT2D eigenvalue weighted by atomic mass is 10.1. The predicted molar refractivity (Wildman–Crippen MR) is 117 cm³/mol. The van der Waals surface area contributed by atoms with Crippen molar-refractivity contribution in [3.05, 3.63) is 35.4 Å². The highest BCUT2D eigenvalue weighted by atomic mass is 19.1. The largest absolute Gasteiger partial charge is 0.495 e. The number of halogens is 2. The van der Waals surface area contributed by atoms with E-state index < -0.39 is 12.0 Å². The van der Waals surface area contributed by atoms with E-state index in [4.69, 9.17) is 4.74 Å². The fourth-order valence-electron chi connectivity index (χ4n) is 3.71. The molecule has 0 atom stereocenters. The number of piperidine rings is 1. The number of nitrogens with one attached hydrogen (secondary N) is 2. The van der Waals surface area contributed by atoms with E-state index in [9.17, 15) is 13.9 Å². The Kier molecular flexibility index (Phi) is 6.80. The van der Waals surface area contributed by atoms with Crippen LogP contribution in [0.2, 0.25) is 0 Å². The van der Waals surface area contributed by atoms with Crippen molar-refractivity contribution in [2.75, 3.05) is 32.6 Å². The summed E-state index contributed by atoms with van der Waals surface area (Å²) >= 11 is 0. The number of fused-ring (bicyclic) bond motifs is 1. The van der Waals surface area contributed by atoms with E-state index in [1.807, 2.05) is 6.07 Å². The number of nitrogens with zero attached hydrogens (tertiary/aromatic N) is 4. The first kappa shape index (κ1) is 22.3. The maximum Gasteiger partial charge on any atom is 0.157 e. The second-order valence-electron chi connectivity index (χ2n) is 7.94. The van der Waals surface area contributed by atoms with Crippen molar-refractivity contribution in [1.29, 1.82) is 0 Å². The number of ether oxygens (including phenoxy) is 1. The van der Waals surface area contributed by atoms with Crippen LogP contribution in [0.5, 0.6) is 5.75 Å². The highest BCUT2D eigenvalue weighted by Gasteiger charge is 2.30. The number of pyridine rings is 1. The van der Waals surface area contributed by atoms with Crippen molar-refractivity contribution in [3.8, 4) is 17.1 Å². The highest BCUT2D eigenvalue weighted by molar-refractivity contribution is 5.64. The summed E-state index contributed by atoms with van der Waals surface area (Å²) in [7, 11) is 3.28. The molecule has 0 spiro atoms. The zero-order valence-corrected chi connectivity index (χ0v) is 18.2. The van der Waals surface area contributed by atoms with E-state index >= 15 is 0 Å². The third-order valence-electron chi connectivity index (χ3n) is 5.64. The molecule has 10 heteroatoms. The summed E-state index contributed by atoms with van der Waals surface area (Å²) in [5.41, 5.74) is 2.41. The number of alkyl halides is 1. The standard InChI is InChI=1S/C17H18FN5O2.C5H10FN/c1-19-17-10(8-24)5-11(18)16(21-17)12-7-20-14-6-13(25-2)15(9-3-4-9)22-23(12)14;6-5-1-3-7-4-2-5/h5-7,9,24H,3-4,8H2,1-2H3,(H,19,21);5,7H,1-4H2. The van der Waals surface area contributed by atoms with Gasteiger partial charge >= 0.3 is 0 Å². The third kappa shape index (κ3) is 4.66. The molecule has 3 aromatic heterocycles. The summed E-state index contributed by atoms with van der Waals surface area (Å²) in [5.74, 6) is 0.962. The lowest BCUT2D eigenvalue weighted by Gasteiger charge is -2.14. The first-order valence-electron chi connectivity index (χ1n) is 10.8. The first-order chi connectivity index (χ1) is 15.5. The van der Waals surface area contributed by atoms with Gasteiger partial charge in [0.05, 0.1) is 19.9 Å². The van der Waals surface area contributed by atoms with Crippen molar-refractivity contribution in [1.82, 2.24) is 24.9 Å². The maximum absolute atomic E-state index is 14.6. The second kappa shape index (κ2) is 9.74. The molecular weight excluding hydrogens is 418 g/mol. The van der Waals surface area contributed by atoms with Crippen LogP contribution < -0.4 is 15.4 Å².